The molecule has 1 heterocycles. The van der Waals surface area contributed by atoms with Gasteiger partial charge in [-0.1, -0.05) is 29.3 Å². The van der Waals surface area contributed by atoms with Crippen molar-refractivity contribution in [3.8, 4) is 0 Å². The molecule has 11 heteroatoms. The first kappa shape index (κ1) is 24.2. The summed E-state index contributed by atoms with van der Waals surface area (Å²) < 4.78 is 112. The van der Waals surface area contributed by atoms with Crippen LogP contribution >= 0.6 is 0 Å². The minimum atomic E-state index is -6.42. The molecule has 1 amide bonds. The number of amides is 1. The lowest BCUT2D eigenvalue weighted by Crippen LogP contribution is -2.65. The number of para-hydroxylation sites is 1. The molecule has 0 saturated heterocycles. The zero-order valence-corrected chi connectivity index (χ0v) is 17.3. The van der Waals surface area contributed by atoms with E-state index in [1.807, 2.05) is 0 Å². The lowest BCUT2D eigenvalue weighted by molar-refractivity contribution is -0.355. The Morgan fingerprint density at radius 1 is 1.00 bits per heavy atom. The van der Waals surface area contributed by atoms with Crippen molar-refractivity contribution < 1.29 is 39.9 Å². The van der Waals surface area contributed by atoms with E-state index in [2.05, 4.69) is 5.10 Å². The molecular formula is C21H20F8N2O. The van der Waals surface area contributed by atoms with Gasteiger partial charge in [0.2, 0.25) is 0 Å². The second-order valence-electron chi connectivity index (χ2n) is 8.22. The third-order valence-corrected chi connectivity index (χ3v) is 6.40. The number of hydrogen-bond acceptors (Lipinski definition) is 2. The van der Waals surface area contributed by atoms with Gasteiger partial charge in [-0.15, -0.1) is 0 Å². The Labute approximate surface area is 178 Å². The van der Waals surface area contributed by atoms with Crippen molar-refractivity contribution in [1.82, 2.24) is 0 Å². The number of carbonyl (C=O) groups excluding carboxylic acids is 1. The van der Waals surface area contributed by atoms with Crippen molar-refractivity contribution in [2.24, 2.45) is 16.4 Å². The topological polar surface area (TPSA) is 32.7 Å². The molecule has 2 aliphatic rings. The zero-order chi connectivity index (χ0) is 24.3. The van der Waals surface area contributed by atoms with E-state index in [1.54, 1.807) is 6.07 Å². The monoisotopic (exact) mass is 468 g/mol. The van der Waals surface area contributed by atoms with E-state index in [1.165, 1.54) is 45.0 Å². The molecule has 3 rings (SSSR count). The fourth-order valence-corrected chi connectivity index (χ4v) is 4.34. The number of hydrogen-bond donors (Lipinski definition) is 0. The molecule has 0 radical (unpaired) electrons. The Balaban J connectivity index is 2.19. The molecule has 0 bridgehead atoms. The molecule has 0 N–H and O–H groups in total. The summed E-state index contributed by atoms with van der Waals surface area (Å²) >= 11 is 0. The molecule has 0 saturated carbocycles. The quantitative estimate of drug-likeness (QED) is 0.368. The van der Waals surface area contributed by atoms with Crippen LogP contribution in [0.4, 0.5) is 40.8 Å². The van der Waals surface area contributed by atoms with Crippen LogP contribution in [0.3, 0.4) is 0 Å². The van der Waals surface area contributed by atoms with Crippen molar-refractivity contribution in [3.63, 3.8) is 0 Å². The highest BCUT2D eigenvalue weighted by Gasteiger charge is 2.80. The smallest absolute Gasteiger partial charge is 0.271 e. The van der Waals surface area contributed by atoms with Crippen LogP contribution < -0.4 is 5.01 Å². The highest BCUT2D eigenvalue weighted by molar-refractivity contribution is 6.19. The van der Waals surface area contributed by atoms with Crippen molar-refractivity contribution in [3.05, 3.63) is 41.5 Å². The van der Waals surface area contributed by atoms with Gasteiger partial charge in [0.05, 0.1) is 17.3 Å². The van der Waals surface area contributed by atoms with Crippen LogP contribution in [0.5, 0.6) is 0 Å². The van der Waals surface area contributed by atoms with Crippen LogP contribution in [0, 0.1) is 11.3 Å². The number of halogens is 8. The third kappa shape index (κ3) is 3.14. The Bertz CT molecular complexity index is 973. The molecular weight excluding hydrogens is 448 g/mol. The van der Waals surface area contributed by atoms with E-state index in [0.29, 0.717) is 5.57 Å². The number of anilines is 1. The highest BCUT2D eigenvalue weighted by atomic mass is 19.4. The lowest BCUT2D eigenvalue weighted by Gasteiger charge is -2.47. The van der Waals surface area contributed by atoms with E-state index >= 15 is 8.78 Å². The number of carbonyl (C=O) groups is 1. The van der Waals surface area contributed by atoms with Crippen molar-refractivity contribution in [2.45, 2.75) is 57.8 Å². The first-order chi connectivity index (χ1) is 14.6. The van der Waals surface area contributed by atoms with E-state index < -0.39 is 54.3 Å². The Hall–Kier alpha value is -2.46. The maximum atomic E-state index is 15.2. The molecule has 176 valence electrons. The number of alkyl halides is 8. The largest absolute Gasteiger partial charge is 0.378 e. The lowest BCUT2D eigenvalue weighted by atomic mass is 9.59. The molecule has 0 aromatic heterocycles. The van der Waals surface area contributed by atoms with Crippen LogP contribution in [0.2, 0.25) is 0 Å². The van der Waals surface area contributed by atoms with Crippen LogP contribution in [0.25, 0.3) is 0 Å². The van der Waals surface area contributed by atoms with Crippen molar-refractivity contribution in [1.29, 1.82) is 0 Å². The summed E-state index contributed by atoms with van der Waals surface area (Å²) in [4.78, 5) is 13.4. The molecule has 2 atom stereocenters. The second kappa shape index (κ2) is 7.55. The molecule has 1 aliphatic heterocycles. The first-order valence-electron chi connectivity index (χ1n) is 9.64. The summed E-state index contributed by atoms with van der Waals surface area (Å²) in [5, 5.41) is 4.74. The van der Waals surface area contributed by atoms with Crippen LogP contribution in [-0.4, -0.2) is 35.8 Å². The minimum Gasteiger partial charge on any atom is -0.271 e. The average Bonchev–Trinajstić information content (AvgIpc) is 2.96. The van der Waals surface area contributed by atoms with E-state index in [-0.39, 0.29) is 17.0 Å². The van der Waals surface area contributed by atoms with Gasteiger partial charge in [-0.3, -0.25) is 4.79 Å². The summed E-state index contributed by atoms with van der Waals surface area (Å²) in [7, 11) is 0. The number of benzene rings is 1. The van der Waals surface area contributed by atoms with Crippen molar-refractivity contribution in [2.75, 3.05) is 5.01 Å². The van der Waals surface area contributed by atoms with Gasteiger partial charge in [-0.2, -0.15) is 36.5 Å². The minimum absolute atomic E-state index is 0.157. The van der Waals surface area contributed by atoms with Gasteiger partial charge in [-0.25, -0.2) is 8.78 Å². The summed E-state index contributed by atoms with van der Waals surface area (Å²) in [6, 6.07) is 7.52. The first-order valence-corrected chi connectivity index (χ1v) is 9.64. The van der Waals surface area contributed by atoms with Gasteiger partial charge in [0.15, 0.2) is 0 Å². The maximum Gasteiger partial charge on any atom is 0.378 e. The standard InChI is InChI=1S/C21H20F8N2O/c1-11-9-15(19(24,25)21(28,29)20(26,27)16(22)23)18(10-12(11)2)13(3)30-31(17(18)32)14-7-5-4-6-8-14/h4-8,15-16H,9-10H2,1-3H3. The summed E-state index contributed by atoms with van der Waals surface area (Å²) in [5.41, 5.74) is -1.90. The van der Waals surface area contributed by atoms with Crippen LogP contribution in [0.1, 0.15) is 33.6 Å². The van der Waals surface area contributed by atoms with Gasteiger partial charge in [0.25, 0.3) is 5.91 Å². The summed E-state index contributed by atoms with van der Waals surface area (Å²) in [6.07, 6.45) is -6.38. The Kier molecular flexibility index (Phi) is 5.71. The van der Waals surface area contributed by atoms with Gasteiger partial charge in [0, 0.05) is 0 Å². The SMILES string of the molecule is CC1=NN(c2ccccc2)C(=O)C12CC(C)=C(C)CC2C(F)(F)C(F)(F)C(F)(F)C(F)F. The predicted octanol–water partition coefficient (Wildman–Crippen LogP) is 6.31. The Morgan fingerprint density at radius 2 is 1.56 bits per heavy atom. The number of allylic oxidation sites excluding steroid dienone is 2. The molecule has 2 unspecified atom stereocenters. The van der Waals surface area contributed by atoms with Crippen molar-refractivity contribution >= 4 is 17.3 Å². The molecule has 0 fully saturated rings. The van der Waals surface area contributed by atoms with Gasteiger partial charge >= 0.3 is 24.2 Å². The molecule has 1 aromatic carbocycles. The summed E-state index contributed by atoms with van der Waals surface area (Å²) in [6.45, 7) is 4.01. The summed E-state index contributed by atoms with van der Waals surface area (Å²) in [5.74, 6) is -22.2. The third-order valence-electron chi connectivity index (χ3n) is 6.40. The van der Waals surface area contributed by atoms with Crippen LogP contribution in [-0.2, 0) is 4.79 Å². The van der Waals surface area contributed by atoms with E-state index in [0.717, 1.165) is 5.01 Å². The van der Waals surface area contributed by atoms with E-state index in [9.17, 15) is 31.1 Å². The average molecular weight is 468 g/mol. The number of hydrazone groups is 1. The van der Waals surface area contributed by atoms with E-state index in [4.69, 9.17) is 0 Å². The van der Waals surface area contributed by atoms with Gasteiger partial charge in [0.1, 0.15) is 5.41 Å². The Morgan fingerprint density at radius 3 is 2.09 bits per heavy atom. The normalized spacial score (nSPS) is 25.2. The predicted molar refractivity (Wildman–Crippen MR) is 101 cm³/mol. The van der Waals surface area contributed by atoms with Gasteiger partial charge in [-0.05, 0) is 45.7 Å². The molecule has 1 aliphatic carbocycles. The highest BCUT2D eigenvalue weighted by Crippen LogP contribution is 2.61. The van der Waals surface area contributed by atoms with Crippen LogP contribution in [0.15, 0.2) is 46.6 Å². The fraction of sp³-hybridized carbons (Fsp3) is 0.524. The number of rotatable bonds is 5. The fourth-order valence-electron chi connectivity index (χ4n) is 4.34. The molecule has 32 heavy (non-hydrogen) atoms. The molecule has 1 aromatic rings. The maximum absolute atomic E-state index is 15.2. The number of nitrogens with zero attached hydrogens (tertiary/aromatic N) is 2. The molecule has 1 spiro atoms. The van der Waals surface area contributed by atoms with Gasteiger partial charge < -0.3 is 0 Å². The molecule has 3 nitrogen and oxygen atoms in total. The zero-order valence-electron chi connectivity index (χ0n) is 17.3. The second-order valence-corrected chi connectivity index (χ2v) is 8.22.